The van der Waals surface area contributed by atoms with Crippen LogP contribution < -0.4 is 0 Å². The molecule has 1 atom stereocenters. The molecule has 1 saturated heterocycles. The molecule has 0 N–H and O–H groups in total. The number of carbonyl (C=O) groups excluding carboxylic acids is 2. The minimum atomic E-state index is -0.268. The van der Waals surface area contributed by atoms with Crippen LogP contribution in [-0.2, 0) is 20.9 Å². The number of amides is 2. The van der Waals surface area contributed by atoms with Crippen LogP contribution in [0.15, 0.2) is 16.5 Å². The van der Waals surface area contributed by atoms with E-state index in [0.717, 1.165) is 11.5 Å². The zero-order valence-electron chi connectivity index (χ0n) is 12.8. The third-order valence-corrected chi connectivity index (χ3v) is 3.69. The van der Waals surface area contributed by atoms with E-state index in [1.165, 1.54) is 0 Å². The van der Waals surface area contributed by atoms with Crippen LogP contribution in [0.3, 0.4) is 0 Å². The van der Waals surface area contributed by atoms with E-state index in [9.17, 15) is 9.59 Å². The molecule has 0 bridgehead atoms. The smallest absolute Gasteiger partial charge is 0.228 e. The number of carbonyl (C=O) groups is 2. The van der Waals surface area contributed by atoms with Gasteiger partial charge in [0, 0.05) is 33.7 Å². The van der Waals surface area contributed by atoms with Crippen LogP contribution in [0.1, 0.15) is 17.9 Å². The van der Waals surface area contributed by atoms with E-state index in [1.807, 2.05) is 19.1 Å². The molecule has 1 aromatic heterocycles. The van der Waals surface area contributed by atoms with Gasteiger partial charge in [-0.1, -0.05) is 0 Å². The van der Waals surface area contributed by atoms with Crippen LogP contribution in [0.25, 0.3) is 0 Å². The third kappa shape index (κ3) is 3.85. The summed E-state index contributed by atoms with van der Waals surface area (Å²) >= 11 is 0. The number of rotatable bonds is 6. The van der Waals surface area contributed by atoms with Gasteiger partial charge in [-0.2, -0.15) is 0 Å². The Morgan fingerprint density at radius 3 is 2.90 bits per heavy atom. The average Bonchev–Trinajstić information content (AvgIpc) is 3.02. The quantitative estimate of drug-likeness (QED) is 0.786. The summed E-state index contributed by atoms with van der Waals surface area (Å²) in [6.07, 6.45) is 0.282. The molecular formula is C15H22N2O4. The molecule has 0 aliphatic carbocycles. The van der Waals surface area contributed by atoms with E-state index in [-0.39, 0.29) is 24.2 Å². The fourth-order valence-corrected chi connectivity index (χ4v) is 2.55. The monoisotopic (exact) mass is 294 g/mol. The van der Waals surface area contributed by atoms with Crippen molar-refractivity contribution in [1.29, 1.82) is 0 Å². The van der Waals surface area contributed by atoms with Crippen molar-refractivity contribution in [3.05, 3.63) is 23.7 Å². The first kappa shape index (κ1) is 15.6. The van der Waals surface area contributed by atoms with Gasteiger partial charge in [0.1, 0.15) is 11.5 Å². The first-order valence-corrected chi connectivity index (χ1v) is 7.08. The Labute approximate surface area is 124 Å². The van der Waals surface area contributed by atoms with Crippen LogP contribution >= 0.6 is 0 Å². The Morgan fingerprint density at radius 1 is 1.52 bits per heavy atom. The molecule has 2 heterocycles. The maximum Gasteiger partial charge on any atom is 0.228 e. The number of aryl methyl sites for hydroxylation is 1. The SMILES string of the molecule is COCCN1C[C@H](C(=O)N(C)Cc2ccc(C)o2)CC1=O. The van der Waals surface area contributed by atoms with E-state index in [0.29, 0.717) is 26.2 Å². The summed E-state index contributed by atoms with van der Waals surface area (Å²) in [7, 11) is 3.34. The largest absolute Gasteiger partial charge is 0.464 e. The number of likely N-dealkylation sites (tertiary alicyclic amines) is 1. The molecule has 1 aliphatic heterocycles. The second-order valence-electron chi connectivity index (χ2n) is 5.44. The van der Waals surface area contributed by atoms with Gasteiger partial charge < -0.3 is 19.0 Å². The summed E-state index contributed by atoms with van der Waals surface area (Å²) in [5, 5.41) is 0. The van der Waals surface area contributed by atoms with Gasteiger partial charge in [0.2, 0.25) is 11.8 Å². The summed E-state index contributed by atoms with van der Waals surface area (Å²) < 4.78 is 10.4. The summed E-state index contributed by atoms with van der Waals surface area (Å²) in [5.74, 6) is 1.32. The highest BCUT2D eigenvalue weighted by Gasteiger charge is 2.35. The molecular weight excluding hydrogens is 272 g/mol. The summed E-state index contributed by atoms with van der Waals surface area (Å²) in [5.41, 5.74) is 0. The molecule has 0 unspecified atom stereocenters. The maximum absolute atomic E-state index is 12.4. The molecule has 21 heavy (non-hydrogen) atoms. The van der Waals surface area contributed by atoms with Crippen LogP contribution in [-0.4, -0.2) is 55.5 Å². The molecule has 0 saturated carbocycles. The number of hydrogen-bond acceptors (Lipinski definition) is 4. The predicted octanol–water partition coefficient (Wildman–Crippen LogP) is 1.04. The van der Waals surface area contributed by atoms with Crippen LogP contribution in [0.2, 0.25) is 0 Å². The molecule has 2 rings (SSSR count). The van der Waals surface area contributed by atoms with Gasteiger partial charge in [-0.05, 0) is 19.1 Å². The Balaban J connectivity index is 1.89. The zero-order chi connectivity index (χ0) is 15.4. The normalized spacial score (nSPS) is 18.3. The summed E-state index contributed by atoms with van der Waals surface area (Å²) in [6, 6.07) is 3.74. The molecule has 6 heteroatoms. The van der Waals surface area contributed by atoms with Crippen molar-refractivity contribution in [2.75, 3.05) is 33.9 Å². The van der Waals surface area contributed by atoms with Gasteiger partial charge in [-0.3, -0.25) is 9.59 Å². The van der Waals surface area contributed by atoms with Crippen LogP contribution in [0, 0.1) is 12.8 Å². The fraction of sp³-hybridized carbons (Fsp3) is 0.600. The average molecular weight is 294 g/mol. The molecule has 1 aromatic rings. The Hall–Kier alpha value is -1.82. The molecule has 6 nitrogen and oxygen atoms in total. The number of methoxy groups -OCH3 is 1. The van der Waals surface area contributed by atoms with Crippen LogP contribution in [0.5, 0.6) is 0 Å². The zero-order valence-corrected chi connectivity index (χ0v) is 12.8. The topological polar surface area (TPSA) is 63.0 Å². The molecule has 0 spiro atoms. The molecule has 0 aromatic carbocycles. The number of hydrogen-bond donors (Lipinski definition) is 0. The lowest BCUT2D eigenvalue weighted by Crippen LogP contribution is -2.35. The lowest BCUT2D eigenvalue weighted by atomic mass is 10.1. The van der Waals surface area contributed by atoms with Crippen molar-refractivity contribution in [2.24, 2.45) is 5.92 Å². The standard InChI is InChI=1S/C15H22N2O4/c1-11-4-5-13(21-11)10-16(2)15(19)12-8-14(18)17(9-12)6-7-20-3/h4-5,12H,6-10H2,1-3H3/t12-/m1/s1. The van der Waals surface area contributed by atoms with Gasteiger partial charge in [0.25, 0.3) is 0 Å². The Kier molecular flexibility index (Phi) is 5.01. The highest BCUT2D eigenvalue weighted by molar-refractivity contribution is 5.89. The first-order valence-electron chi connectivity index (χ1n) is 7.08. The second kappa shape index (κ2) is 6.76. The Bertz CT molecular complexity index is 512. The predicted molar refractivity (Wildman–Crippen MR) is 76.5 cm³/mol. The van der Waals surface area contributed by atoms with Crippen molar-refractivity contribution in [3.63, 3.8) is 0 Å². The van der Waals surface area contributed by atoms with Crippen molar-refractivity contribution < 1.29 is 18.7 Å². The van der Waals surface area contributed by atoms with Crippen molar-refractivity contribution in [3.8, 4) is 0 Å². The number of nitrogens with zero attached hydrogens (tertiary/aromatic N) is 2. The second-order valence-corrected chi connectivity index (χ2v) is 5.44. The van der Waals surface area contributed by atoms with E-state index in [4.69, 9.17) is 9.15 Å². The van der Waals surface area contributed by atoms with Gasteiger partial charge >= 0.3 is 0 Å². The van der Waals surface area contributed by atoms with Gasteiger partial charge in [-0.25, -0.2) is 0 Å². The van der Waals surface area contributed by atoms with Crippen LogP contribution in [0.4, 0.5) is 0 Å². The molecule has 2 amide bonds. The van der Waals surface area contributed by atoms with Gasteiger partial charge in [-0.15, -0.1) is 0 Å². The Morgan fingerprint density at radius 2 is 2.29 bits per heavy atom. The maximum atomic E-state index is 12.4. The number of furan rings is 1. The van der Waals surface area contributed by atoms with Crippen molar-refractivity contribution in [2.45, 2.75) is 19.9 Å². The van der Waals surface area contributed by atoms with E-state index >= 15 is 0 Å². The van der Waals surface area contributed by atoms with E-state index < -0.39 is 0 Å². The van der Waals surface area contributed by atoms with E-state index in [1.54, 1.807) is 24.0 Å². The number of ether oxygens (including phenoxy) is 1. The fourth-order valence-electron chi connectivity index (χ4n) is 2.55. The highest BCUT2D eigenvalue weighted by Crippen LogP contribution is 2.20. The minimum Gasteiger partial charge on any atom is -0.464 e. The molecule has 0 radical (unpaired) electrons. The summed E-state index contributed by atoms with van der Waals surface area (Å²) in [6.45, 7) is 3.81. The summed E-state index contributed by atoms with van der Waals surface area (Å²) in [4.78, 5) is 27.6. The lowest BCUT2D eigenvalue weighted by Gasteiger charge is -2.20. The van der Waals surface area contributed by atoms with Crippen molar-refractivity contribution >= 4 is 11.8 Å². The van der Waals surface area contributed by atoms with Gasteiger partial charge in [0.15, 0.2) is 0 Å². The molecule has 1 fully saturated rings. The first-order chi connectivity index (χ1) is 10.0. The van der Waals surface area contributed by atoms with E-state index in [2.05, 4.69) is 0 Å². The lowest BCUT2D eigenvalue weighted by molar-refractivity contribution is -0.135. The minimum absolute atomic E-state index is 0.0164. The van der Waals surface area contributed by atoms with Crippen molar-refractivity contribution in [1.82, 2.24) is 9.80 Å². The van der Waals surface area contributed by atoms with Gasteiger partial charge in [0.05, 0.1) is 19.1 Å². The molecule has 1 aliphatic rings. The highest BCUT2D eigenvalue weighted by atomic mass is 16.5. The third-order valence-electron chi connectivity index (χ3n) is 3.69. The molecule has 116 valence electrons.